The van der Waals surface area contributed by atoms with Crippen molar-refractivity contribution in [2.45, 2.75) is 13.0 Å². The van der Waals surface area contributed by atoms with Crippen LogP contribution in [0.25, 0.3) is 10.8 Å². The number of hydrazine groups is 1. The number of nitrogens with one attached hydrogen (secondary N) is 2. The second-order valence-corrected chi connectivity index (χ2v) is 6.02. The number of carbonyl (C=O) groups is 2. The number of ether oxygens (including phenoxy) is 2. The molecule has 3 rings (SSSR count). The lowest BCUT2D eigenvalue weighted by molar-refractivity contribution is -0.133. The molecule has 0 radical (unpaired) electrons. The fourth-order valence-electron chi connectivity index (χ4n) is 2.50. The van der Waals surface area contributed by atoms with Crippen molar-refractivity contribution in [1.29, 1.82) is 0 Å². The second kappa shape index (κ2) is 8.85. The molecule has 0 aliphatic carbocycles. The van der Waals surface area contributed by atoms with E-state index >= 15 is 0 Å². The largest absolute Gasteiger partial charge is 0.483 e. The number of halogens is 1. The molecule has 0 bridgehead atoms. The zero-order valence-electron chi connectivity index (χ0n) is 15.1. The summed E-state index contributed by atoms with van der Waals surface area (Å²) < 4.78 is 23.8. The Labute approximate surface area is 161 Å². The summed E-state index contributed by atoms with van der Waals surface area (Å²) in [6.07, 6.45) is -0.884. The Bertz CT molecular complexity index is 970. The Hall–Kier alpha value is -3.61. The summed E-state index contributed by atoms with van der Waals surface area (Å²) in [6, 6.07) is 18.5. The van der Waals surface area contributed by atoms with Gasteiger partial charge in [0.25, 0.3) is 11.8 Å². The number of hydrogen-bond donors (Lipinski definition) is 2. The Morgan fingerprint density at radius 2 is 1.68 bits per heavy atom. The molecule has 7 heteroatoms. The van der Waals surface area contributed by atoms with Crippen molar-refractivity contribution in [1.82, 2.24) is 10.9 Å². The summed E-state index contributed by atoms with van der Waals surface area (Å²) in [5.41, 5.74) is 4.54. The third-order valence-electron chi connectivity index (χ3n) is 3.93. The van der Waals surface area contributed by atoms with Gasteiger partial charge < -0.3 is 9.47 Å². The van der Waals surface area contributed by atoms with Crippen molar-refractivity contribution >= 4 is 22.6 Å². The molecule has 0 aromatic heterocycles. The second-order valence-electron chi connectivity index (χ2n) is 6.02. The number of amides is 2. The number of hydrogen-bond acceptors (Lipinski definition) is 4. The van der Waals surface area contributed by atoms with Crippen LogP contribution in [0.4, 0.5) is 4.39 Å². The Balaban J connectivity index is 1.47. The number of rotatable bonds is 6. The fraction of sp³-hybridized carbons (Fsp3) is 0.143. The minimum Gasteiger partial charge on any atom is -0.483 e. The molecule has 0 heterocycles. The van der Waals surface area contributed by atoms with Crippen LogP contribution in [0.15, 0.2) is 66.7 Å². The van der Waals surface area contributed by atoms with Gasteiger partial charge >= 0.3 is 0 Å². The minimum atomic E-state index is -0.884. The van der Waals surface area contributed by atoms with Crippen LogP contribution < -0.4 is 20.3 Å². The van der Waals surface area contributed by atoms with E-state index in [-0.39, 0.29) is 6.61 Å². The highest BCUT2D eigenvalue weighted by atomic mass is 19.1. The molecular formula is C21H19FN2O4. The molecule has 28 heavy (non-hydrogen) atoms. The molecule has 0 unspecified atom stereocenters. The van der Waals surface area contributed by atoms with E-state index in [0.29, 0.717) is 11.5 Å². The SMILES string of the molecule is C[C@@H](Oc1ccc(F)cc1)C(=O)NNC(=O)COc1cccc2ccccc12. The van der Waals surface area contributed by atoms with Crippen LogP contribution in [0.5, 0.6) is 11.5 Å². The van der Waals surface area contributed by atoms with Crippen molar-refractivity contribution in [3.8, 4) is 11.5 Å². The highest BCUT2D eigenvalue weighted by molar-refractivity contribution is 5.89. The molecule has 2 amide bonds. The topological polar surface area (TPSA) is 76.7 Å². The first-order valence-corrected chi connectivity index (χ1v) is 8.64. The van der Waals surface area contributed by atoms with Gasteiger partial charge in [-0.05, 0) is 42.6 Å². The molecule has 0 aliphatic heterocycles. The van der Waals surface area contributed by atoms with Crippen LogP contribution in [0.2, 0.25) is 0 Å². The number of fused-ring (bicyclic) bond motifs is 1. The van der Waals surface area contributed by atoms with Crippen molar-refractivity contribution in [3.05, 3.63) is 72.5 Å². The molecule has 0 saturated heterocycles. The maximum Gasteiger partial charge on any atom is 0.279 e. The maximum absolute atomic E-state index is 12.9. The van der Waals surface area contributed by atoms with E-state index in [1.54, 1.807) is 6.07 Å². The smallest absolute Gasteiger partial charge is 0.279 e. The summed E-state index contributed by atoms with van der Waals surface area (Å²) in [5.74, 6) is -0.553. The third-order valence-corrected chi connectivity index (χ3v) is 3.93. The monoisotopic (exact) mass is 382 g/mol. The van der Waals surface area contributed by atoms with Gasteiger partial charge in [0.15, 0.2) is 12.7 Å². The molecule has 3 aromatic rings. The summed E-state index contributed by atoms with van der Waals surface area (Å²) >= 11 is 0. The van der Waals surface area contributed by atoms with E-state index in [1.165, 1.54) is 31.2 Å². The van der Waals surface area contributed by atoms with Gasteiger partial charge in [-0.1, -0.05) is 36.4 Å². The molecule has 0 saturated carbocycles. The zero-order chi connectivity index (χ0) is 19.9. The van der Waals surface area contributed by atoms with Gasteiger partial charge in [-0.25, -0.2) is 4.39 Å². The summed E-state index contributed by atoms with van der Waals surface area (Å²) in [6.45, 7) is 1.25. The van der Waals surface area contributed by atoms with E-state index < -0.39 is 23.7 Å². The average molecular weight is 382 g/mol. The first-order chi connectivity index (χ1) is 13.5. The lowest BCUT2D eigenvalue weighted by Gasteiger charge is -2.15. The third kappa shape index (κ3) is 4.97. The Morgan fingerprint density at radius 3 is 2.46 bits per heavy atom. The van der Waals surface area contributed by atoms with Crippen molar-refractivity contribution in [2.75, 3.05) is 6.61 Å². The molecule has 144 valence electrons. The molecular weight excluding hydrogens is 363 g/mol. The quantitative estimate of drug-likeness (QED) is 0.643. The molecule has 0 fully saturated rings. The lowest BCUT2D eigenvalue weighted by atomic mass is 10.1. The van der Waals surface area contributed by atoms with Crippen molar-refractivity contribution in [2.24, 2.45) is 0 Å². The van der Waals surface area contributed by atoms with Gasteiger partial charge in [-0.15, -0.1) is 0 Å². The predicted molar refractivity (Wildman–Crippen MR) is 102 cm³/mol. The van der Waals surface area contributed by atoms with Crippen molar-refractivity contribution in [3.63, 3.8) is 0 Å². The van der Waals surface area contributed by atoms with Gasteiger partial charge in [-0.3, -0.25) is 20.4 Å². The average Bonchev–Trinajstić information content (AvgIpc) is 2.72. The van der Waals surface area contributed by atoms with Crippen molar-refractivity contribution < 1.29 is 23.5 Å². The minimum absolute atomic E-state index is 0.262. The van der Waals surface area contributed by atoms with Crippen LogP contribution in [-0.4, -0.2) is 24.5 Å². The van der Waals surface area contributed by atoms with E-state index in [2.05, 4.69) is 10.9 Å². The van der Waals surface area contributed by atoms with Crippen LogP contribution in [0, 0.1) is 5.82 Å². The van der Waals surface area contributed by atoms with Crippen LogP contribution >= 0.6 is 0 Å². The summed E-state index contributed by atoms with van der Waals surface area (Å²) in [7, 11) is 0. The predicted octanol–water partition coefficient (Wildman–Crippen LogP) is 2.97. The van der Waals surface area contributed by atoms with E-state index in [1.807, 2.05) is 36.4 Å². The normalized spacial score (nSPS) is 11.5. The van der Waals surface area contributed by atoms with E-state index in [0.717, 1.165) is 10.8 Å². The van der Waals surface area contributed by atoms with Crippen LogP contribution in [0.1, 0.15) is 6.92 Å². The van der Waals surface area contributed by atoms with E-state index in [4.69, 9.17) is 9.47 Å². The zero-order valence-corrected chi connectivity index (χ0v) is 15.1. The highest BCUT2D eigenvalue weighted by Gasteiger charge is 2.15. The van der Waals surface area contributed by atoms with Crippen LogP contribution in [-0.2, 0) is 9.59 Å². The van der Waals surface area contributed by atoms with Gasteiger partial charge in [-0.2, -0.15) is 0 Å². The molecule has 0 spiro atoms. The number of carbonyl (C=O) groups excluding carboxylic acids is 2. The fourth-order valence-corrected chi connectivity index (χ4v) is 2.50. The molecule has 1 atom stereocenters. The Kier molecular flexibility index (Phi) is 6.06. The molecule has 0 aliphatic rings. The van der Waals surface area contributed by atoms with Gasteiger partial charge in [0.1, 0.15) is 17.3 Å². The maximum atomic E-state index is 12.9. The molecule has 6 nitrogen and oxygen atoms in total. The lowest BCUT2D eigenvalue weighted by Crippen LogP contribution is -2.48. The first kappa shape index (κ1) is 19.2. The van der Waals surface area contributed by atoms with Crippen LogP contribution in [0.3, 0.4) is 0 Å². The Morgan fingerprint density at radius 1 is 0.964 bits per heavy atom. The number of benzene rings is 3. The highest BCUT2D eigenvalue weighted by Crippen LogP contribution is 2.24. The molecule has 2 N–H and O–H groups in total. The van der Waals surface area contributed by atoms with Gasteiger partial charge in [0.05, 0.1) is 0 Å². The first-order valence-electron chi connectivity index (χ1n) is 8.64. The summed E-state index contributed by atoms with van der Waals surface area (Å²) in [4.78, 5) is 23.9. The van der Waals surface area contributed by atoms with Gasteiger partial charge in [0, 0.05) is 5.39 Å². The van der Waals surface area contributed by atoms with E-state index in [9.17, 15) is 14.0 Å². The summed E-state index contributed by atoms with van der Waals surface area (Å²) in [5, 5.41) is 1.89. The molecule has 3 aromatic carbocycles. The standard InChI is InChI=1S/C21H19FN2O4/c1-14(28-17-11-9-16(22)10-12-17)21(26)24-23-20(25)13-27-19-8-4-6-15-5-2-3-7-18(15)19/h2-12,14H,13H2,1H3,(H,23,25)(H,24,26)/t14-/m1/s1. The van der Waals surface area contributed by atoms with Gasteiger partial charge in [0.2, 0.25) is 0 Å².